The lowest BCUT2D eigenvalue weighted by atomic mass is 10.1. The van der Waals surface area contributed by atoms with E-state index in [1.165, 1.54) is 11.3 Å². The molecule has 1 amide bonds. The Bertz CT molecular complexity index is 669. The zero-order valence-electron chi connectivity index (χ0n) is 9.82. The number of thiophene rings is 1. The molecule has 98 valence electrons. The third kappa shape index (κ3) is 2.10. The summed E-state index contributed by atoms with van der Waals surface area (Å²) in [5, 5.41) is 0. The zero-order chi connectivity index (χ0) is 13.6. The van der Waals surface area contributed by atoms with Crippen LogP contribution in [-0.4, -0.2) is 12.5 Å². The second kappa shape index (κ2) is 4.71. The van der Waals surface area contributed by atoms with E-state index in [-0.39, 0.29) is 5.91 Å². The molecule has 0 atom stereocenters. The van der Waals surface area contributed by atoms with Crippen LogP contribution in [0.15, 0.2) is 24.3 Å². The van der Waals surface area contributed by atoms with E-state index in [9.17, 15) is 4.79 Å². The Morgan fingerprint density at radius 2 is 2.16 bits per heavy atom. The number of hydrogen-bond acceptors (Lipinski definition) is 3. The van der Waals surface area contributed by atoms with E-state index < -0.39 is 0 Å². The molecule has 1 aliphatic heterocycles. The minimum Gasteiger partial charge on any atom is -0.398 e. The highest BCUT2D eigenvalue weighted by Gasteiger charge is 2.28. The van der Waals surface area contributed by atoms with Crippen LogP contribution in [0, 0.1) is 0 Å². The van der Waals surface area contributed by atoms with E-state index in [1.54, 1.807) is 11.0 Å². The summed E-state index contributed by atoms with van der Waals surface area (Å²) in [4.78, 5) is 14.2. The maximum atomic E-state index is 12.5. The van der Waals surface area contributed by atoms with Crippen LogP contribution in [0.25, 0.3) is 0 Å². The quantitative estimate of drug-likeness (QED) is 0.813. The van der Waals surface area contributed by atoms with Gasteiger partial charge >= 0.3 is 0 Å². The maximum absolute atomic E-state index is 12.5. The Kier molecular flexibility index (Phi) is 3.17. The van der Waals surface area contributed by atoms with Crippen molar-refractivity contribution in [3.63, 3.8) is 0 Å². The van der Waals surface area contributed by atoms with Crippen molar-refractivity contribution in [1.82, 2.24) is 0 Å². The molecule has 1 aromatic carbocycles. The zero-order valence-corrected chi connectivity index (χ0v) is 12.1. The number of nitrogens with two attached hydrogens (primary N) is 1. The van der Waals surface area contributed by atoms with Crippen molar-refractivity contribution in [1.29, 1.82) is 0 Å². The Morgan fingerprint density at radius 1 is 1.37 bits per heavy atom. The van der Waals surface area contributed by atoms with Crippen molar-refractivity contribution in [3.05, 3.63) is 44.1 Å². The van der Waals surface area contributed by atoms with E-state index >= 15 is 0 Å². The monoisotopic (exact) mass is 312 g/mol. The van der Waals surface area contributed by atoms with Crippen LogP contribution in [0.2, 0.25) is 8.67 Å². The smallest absolute Gasteiger partial charge is 0.260 e. The van der Waals surface area contributed by atoms with Crippen molar-refractivity contribution in [3.8, 4) is 0 Å². The number of carbonyl (C=O) groups excluding carboxylic acids is 1. The fourth-order valence-electron chi connectivity index (χ4n) is 2.30. The lowest BCUT2D eigenvalue weighted by molar-refractivity contribution is 0.0990. The van der Waals surface area contributed by atoms with Crippen molar-refractivity contribution in [2.75, 3.05) is 17.2 Å². The average molecular weight is 313 g/mol. The van der Waals surface area contributed by atoms with Crippen molar-refractivity contribution >= 4 is 51.8 Å². The highest BCUT2D eigenvalue weighted by atomic mass is 35.5. The number of benzene rings is 1. The molecule has 6 heteroatoms. The number of carbonyl (C=O) groups is 1. The second-order valence-electron chi connectivity index (χ2n) is 4.29. The number of fused-ring (bicyclic) bond motifs is 1. The van der Waals surface area contributed by atoms with Gasteiger partial charge in [-0.2, -0.15) is 0 Å². The molecule has 19 heavy (non-hydrogen) atoms. The molecule has 2 N–H and O–H groups in total. The number of rotatable bonds is 1. The van der Waals surface area contributed by atoms with Crippen LogP contribution in [0.5, 0.6) is 0 Å². The first-order chi connectivity index (χ1) is 9.08. The first-order valence-electron chi connectivity index (χ1n) is 5.72. The van der Waals surface area contributed by atoms with Gasteiger partial charge in [0.1, 0.15) is 4.34 Å². The highest BCUT2D eigenvalue weighted by molar-refractivity contribution is 7.20. The molecule has 0 spiro atoms. The van der Waals surface area contributed by atoms with Gasteiger partial charge < -0.3 is 10.6 Å². The molecule has 0 fully saturated rings. The van der Waals surface area contributed by atoms with Gasteiger partial charge in [-0.05, 0) is 24.6 Å². The molecule has 0 saturated carbocycles. The van der Waals surface area contributed by atoms with Gasteiger partial charge in [0.15, 0.2) is 0 Å². The van der Waals surface area contributed by atoms with Crippen LogP contribution in [0.3, 0.4) is 0 Å². The van der Waals surface area contributed by atoms with Crippen molar-refractivity contribution < 1.29 is 4.79 Å². The molecule has 0 bridgehead atoms. The molecule has 2 heterocycles. The minimum atomic E-state index is -0.127. The molecule has 1 aliphatic rings. The van der Waals surface area contributed by atoms with Gasteiger partial charge in [-0.3, -0.25) is 4.79 Å². The predicted octanol–water partition coefficient (Wildman–Crippen LogP) is 3.84. The van der Waals surface area contributed by atoms with Crippen LogP contribution in [0.4, 0.5) is 11.4 Å². The normalized spacial score (nSPS) is 13.7. The van der Waals surface area contributed by atoms with Crippen molar-refractivity contribution in [2.24, 2.45) is 0 Å². The van der Waals surface area contributed by atoms with E-state index in [4.69, 9.17) is 28.9 Å². The van der Waals surface area contributed by atoms with Crippen LogP contribution < -0.4 is 10.6 Å². The molecular weight excluding hydrogens is 303 g/mol. The molecule has 3 rings (SSSR count). The van der Waals surface area contributed by atoms with Gasteiger partial charge in [0.25, 0.3) is 5.91 Å². The number of anilines is 2. The maximum Gasteiger partial charge on any atom is 0.260 e. The number of nitrogen functional groups attached to an aromatic ring is 1. The average Bonchev–Trinajstić information content (AvgIpc) is 2.93. The first kappa shape index (κ1) is 12.8. The summed E-state index contributed by atoms with van der Waals surface area (Å²) >= 11 is 13.1. The lowest BCUT2D eigenvalue weighted by Gasteiger charge is -2.17. The van der Waals surface area contributed by atoms with Crippen LogP contribution in [-0.2, 0) is 6.42 Å². The Balaban J connectivity index is 2.00. The van der Waals surface area contributed by atoms with Crippen molar-refractivity contribution in [2.45, 2.75) is 6.42 Å². The Hall–Kier alpha value is -1.23. The van der Waals surface area contributed by atoms with Gasteiger partial charge in [0.2, 0.25) is 0 Å². The minimum absolute atomic E-state index is 0.127. The number of amides is 1. The first-order valence-corrected chi connectivity index (χ1v) is 7.29. The topological polar surface area (TPSA) is 46.3 Å². The Morgan fingerprint density at radius 3 is 2.84 bits per heavy atom. The molecule has 0 saturated heterocycles. The van der Waals surface area contributed by atoms with E-state index in [2.05, 4.69) is 0 Å². The number of halogens is 2. The third-order valence-electron chi connectivity index (χ3n) is 3.20. The summed E-state index contributed by atoms with van der Waals surface area (Å²) in [7, 11) is 0. The van der Waals surface area contributed by atoms with Gasteiger partial charge in [0, 0.05) is 23.5 Å². The van der Waals surface area contributed by atoms with Gasteiger partial charge in [-0.1, -0.05) is 29.3 Å². The van der Waals surface area contributed by atoms with Crippen LogP contribution in [0.1, 0.15) is 15.9 Å². The molecule has 0 aliphatic carbocycles. The summed E-state index contributed by atoms with van der Waals surface area (Å²) in [6.45, 7) is 0.617. The van der Waals surface area contributed by atoms with Gasteiger partial charge in [-0.25, -0.2) is 0 Å². The second-order valence-corrected chi connectivity index (χ2v) is 6.58. The molecule has 3 nitrogen and oxygen atoms in total. The fraction of sp³-hybridized carbons (Fsp3) is 0.154. The molecule has 2 aromatic rings. The van der Waals surface area contributed by atoms with Gasteiger partial charge in [-0.15, -0.1) is 11.3 Å². The summed E-state index contributed by atoms with van der Waals surface area (Å²) in [6, 6.07) is 7.21. The fourth-order valence-corrected chi connectivity index (χ4v) is 3.75. The molecular formula is C13H10Cl2N2OS. The summed E-state index contributed by atoms with van der Waals surface area (Å²) in [6.07, 6.45) is 0.767. The number of hydrogen-bond donors (Lipinski definition) is 1. The van der Waals surface area contributed by atoms with E-state index in [1.807, 2.05) is 18.2 Å². The van der Waals surface area contributed by atoms with Crippen LogP contribution >= 0.6 is 34.5 Å². The Labute approximate surface area is 124 Å². The molecule has 1 aromatic heterocycles. The molecule has 0 unspecified atom stereocenters. The largest absolute Gasteiger partial charge is 0.398 e. The standard InChI is InChI=1S/C13H10Cl2N2OS/c14-11-6-8(12(15)19-11)13(18)17-5-4-7-9(16)2-1-3-10(7)17/h1-3,6H,4-5,16H2. The number of nitrogens with zero attached hydrogens (tertiary/aromatic N) is 1. The summed E-state index contributed by atoms with van der Waals surface area (Å²) in [5.74, 6) is -0.127. The van der Waals surface area contributed by atoms with E-state index in [0.29, 0.717) is 20.8 Å². The SMILES string of the molecule is Nc1cccc2c1CCN2C(=O)c1cc(Cl)sc1Cl. The third-order valence-corrected chi connectivity index (χ3v) is 4.68. The lowest BCUT2D eigenvalue weighted by Crippen LogP contribution is -2.28. The van der Waals surface area contributed by atoms with E-state index in [0.717, 1.165) is 23.4 Å². The van der Waals surface area contributed by atoms with Gasteiger partial charge in [0.05, 0.1) is 9.90 Å². The predicted molar refractivity (Wildman–Crippen MR) is 80.6 cm³/mol. The summed E-state index contributed by atoms with van der Waals surface area (Å²) < 4.78 is 0.938. The highest BCUT2D eigenvalue weighted by Crippen LogP contribution is 2.36. The molecule has 0 radical (unpaired) electrons. The summed E-state index contributed by atoms with van der Waals surface area (Å²) in [5.41, 5.74) is 8.98.